The molecule has 9 heteroatoms. The number of fused-ring (bicyclic) bond motifs is 1. The molecule has 1 atom stereocenters. The summed E-state index contributed by atoms with van der Waals surface area (Å²) in [7, 11) is 1.71. The van der Waals surface area contributed by atoms with E-state index in [2.05, 4.69) is 4.98 Å². The molecule has 2 heterocycles. The summed E-state index contributed by atoms with van der Waals surface area (Å²) in [5.41, 5.74) is 1.81. The third-order valence-corrected chi connectivity index (χ3v) is 6.55. The molecular formula is C21H22N4O4S. The van der Waals surface area contributed by atoms with Crippen LogP contribution in [-0.4, -0.2) is 54.1 Å². The van der Waals surface area contributed by atoms with Gasteiger partial charge in [-0.1, -0.05) is 12.1 Å². The van der Waals surface area contributed by atoms with Crippen molar-refractivity contribution in [3.8, 4) is 0 Å². The summed E-state index contributed by atoms with van der Waals surface area (Å²) in [4.78, 5) is 32.6. The Morgan fingerprint density at radius 2 is 2.00 bits per heavy atom. The number of hydrogen-bond donors (Lipinski definition) is 0. The van der Waals surface area contributed by atoms with Crippen LogP contribution in [0, 0.1) is 10.1 Å². The predicted octanol–water partition coefficient (Wildman–Crippen LogP) is 3.87. The lowest BCUT2D eigenvalue weighted by Crippen LogP contribution is -2.38. The van der Waals surface area contributed by atoms with Crippen LogP contribution in [0.15, 0.2) is 42.5 Å². The quantitative estimate of drug-likeness (QED) is 0.454. The number of carbonyl (C=O) groups excluding carboxylic acids is 1. The van der Waals surface area contributed by atoms with E-state index in [1.807, 2.05) is 36.1 Å². The van der Waals surface area contributed by atoms with Crippen LogP contribution < -0.4 is 4.90 Å². The Bertz CT molecular complexity index is 1060. The summed E-state index contributed by atoms with van der Waals surface area (Å²) in [6.07, 6.45) is 0. The Kier molecular flexibility index (Phi) is 5.65. The molecule has 4 rings (SSSR count). The van der Waals surface area contributed by atoms with Gasteiger partial charge in [-0.15, -0.1) is 11.3 Å². The number of benzene rings is 2. The highest BCUT2D eigenvalue weighted by atomic mass is 32.1. The lowest BCUT2D eigenvalue weighted by Gasteiger charge is -2.31. The van der Waals surface area contributed by atoms with Crippen LogP contribution in [0.1, 0.15) is 28.3 Å². The number of rotatable bonds is 5. The van der Waals surface area contributed by atoms with Crippen molar-refractivity contribution < 1.29 is 14.5 Å². The number of thiazole rings is 1. The van der Waals surface area contributed by atoms with E-state index in [1.165, 1.54) is 12.1 Å². The van der Waals surface area contributed by atoms with Crippen molar-refractivity contribution in [3.05, 3.63) is 63.1 Å². The molecule has 1 unspecified atom stereocenters. The van der Waals surface area contributed by atoms with Gasteiger partial charge in [0.1, 0.15) is 5.01 Å². The van der Waals surface area contributed by atoms with E-state index in [1.54, 1.807) is 29.4 Å². The van der Waals surface area contributed by atoms with E-state index in [9.17, 15) is 14.9 Å². The number of aromatic nitrogens is 1. The molecule has 1 aromatic heterocycles. The first-order chi connectivity index (χ1) is 14.5. The smallest absolute Gasteiger partial charge is 0.270 e. The molecule has 0 spiro atoms. The molecule has 2 aromatic carbocycles. The van der Waals surface area contributed by atoms with Crippen LogP contribution in [0.4, 0.5) is 11.4 Å². The molecule has 1 aliphatic rings. The zero-order chi connectivity index (χ0) is 21.3. The van der Waals surface area contributed by atoms with Gasteiger partial charge >= 0.3 is 0 Å². The molecule has 8 nitrogen and oxygen atoms in total. The zero-order valence-electron chi connectivity index (χ0n) is 16.8. The van der Waals surface area contributed by atoms with Crippen LogP contribution in [-0.2, 0) is 4.74 Å². The highest BCUT2D eigenvalue weighted by Crippen LogP contribution is 2.32. The first-order valence-electron chi connectivity index (χ1n) is 9.69. The maximum absolute atomic E-state index is 13.4. The van der Waals surface area contributed by atoms with Crippen LogP contribution >= 0.6 is 11.3 Å². The maximum atomic E-state index is 13.4. The van der Waals surface area contributed by atoms with Gasteiger partial charge in [-0.05, 0) is 25.1 Å². The second-order valence-corrected chi connectivity index (χ2v) is 8.23. The van der Waals surface area contributed by atoms with Crippen molar-refractivity contribution in [2.45, 2.75) is 13.0 Å². The van der Waals surface area contributed by atoms with E-state index in [0.29, 0.717) is 37.6 Å². The summed E-state index contributed by atoms with van der Waals surface area (Å²) >= 11 is 1.55. The SMILES string of the molecule is CC(c1nc2ccccc2s1)N(C)C(=O)c1cc([N+](=O)[O-])ccc1N1CCOCC1. The van der Waals surface area contributed by atoms with Gasteiger partial charge in [0.15, 0.2) is 0 Å². The minimum Gasteiger partial charge on any atom is -0.378 e. The molecule has 30 heavy (non-hydrogen) atoms. The molecule has 0 N–H and O–H groups in total. The van der Waals surface area contributed by atoms with Gasteiger partial charge in [-0.25, -0.2) is 4.98 Å². The van der Waals surface area contributed by atoms with Crippen LogP contribution in [0.25, 0.3) is 10.2 Å². The van der Waals surface area contributed by atoms with E-state index in [4.69, 9.17) is 4.74 Å². The lowest BCUT2D eigenvalue weighted by molar-refractivity contribution is -0.384. The second kappa shape index (κ2) is 8.37. The highest BCUT2D eigenvalue weighted by molar-refractivity contribution is 7.18. The standard InChI is InChI=1S/C21H22N4O4S/c1-14(20-22-17-5-3-4-6-19(17)30-20)23(2)21(26)16-13-15(25(27)28)7-8-18(16)24-9-11-29-12-10-24/h3-8,13-14H,9-12H2,1-2H3. The predicted molar refractivity (Wildman–Crippen MR) is 116 cm³/mol. The van der Waals surface area contributed by atoms with Gasteiger partial charge in [0.05, 0.1) is 45.6 Å². The average molecular weight is 426 g/mol. The second-order valence-electron chi connectivity index (χ2n) is 7.17. The Hall–Kier alpha value is -3.04. The average Bonchev–Trinajstić information content (AvgIpc) is 3.22. The molecule has 156 valence electrons. The fourth-order valence-corrected chi connectivity index (χ4v) is 4.55. The Labute approximate surface area is 177 Å². The highest BCUT2D eigenvalue weighted by Gasteiger charge is 2.27. The van der Waals surface area contributed by atoms with Gasteiger partial charge < -0.3 is 14.5 Å². The minimum absolute atomic E-state index is 0.101. The largest absolute Gasteiger partial charge is 0.378 e. The summed E-state index contributed by atoms with van der Waals surface area (Å²) in [5, 5.41) is 12.2. The summed E-state index contributed by atoms with van der Waals surface area (Å²) < 4.78 is 6.46. The topological polar surface area (TPSA) is 88.8 Å². The van der Waals surface area contributed by atoms with Gasteiger partial charge in [0.2, 0.25) is 0 Å². The number of ether oxygens (including phenoxy) is 1. The van der Waals surface area contributed by atoms with Crippen molar-refractivity contribution in [1.82, 2.24) is 9.88 Å². The van der Waals surface area contributed by atoms with Crippen LogP contribution in [0.2, 0.25) is 0 Å². The Balaban J connectivity index is 1.67. The number of nitro groups is 1. The molecule has 0 radical (unpaired) electrons. The van der Waals surface area contributed by atoms with Crippen molar-refractivity contribution in [2.75, 3.05) is 38.3 Å². The molecule has 3 aromatic rings. The third kappa shape index (κ3) is 3.86. The zero-order valence-corrected chi connectivity index (χ0v) is 17.6. The van der Waals surface area contributed by atoms with E-state index < -0.39 is 4.92 Å². The normalized spacial score (nSPS) is 15.2. The van der Waals surface area contributed by atoms with Gasteiger partial charge in [-0.3, -0.25) is 14.9 Å². The number of nitrogens with zero attached hydrogens (tertiary/aromatic N) is 4. The number of morpholine rings is 1. The molecule has 1 saturated heterocycles. The molecular weight excluding hydrogens is 404 g/mol. The summed E-state index contributed by atoms with van der Waals surface area (Å²) in [6.45, 7) is 4.30. The fourth-order valence-electron chi connectivity index (χ4n) is 3.49. The van der Waals surface area contributed by atoms with E-state index >= 15 is 0 Å². The van der Waals surface area contributed by atoms with Crippen molar-refractivity contribution in [1.29, 1.82) is 0 Å². The minimum atomic E-state index is -0.475. The van der Waals surface area contributed by atoms with Gasteiger partial charge in [-0.2, -0.15) is 0 Å². The number of hydrogen-bond acceptors (Lipinski definition) is 7. The number of amides is 1. The molecule has 1 amide bonds. The van der Waals surface area contributed by atoms with Crippen molar-refractivity contribution in [3.63, 3.8) is 0 Å². The Morgan fingerprint density at radius 1 is 1.27 bits per heavy atom. The number of anilines is 1. The number of nitro benzene ring substituents is 1. The third-order valence-electron chi connectivity index (χ3n) is 5.34. The first kappa shape index (κ1) is 20.2. The number of para-hydroxylation sites is 1. The van der Waals surface area contributed by atoms with Crippen molar-refractivity contribution in [2.24, 2.45) is 0 Å². The summed E-state index contributed by atoms with van der Waals surface area (Å²) in [6, 6.07) is 12.0. The molecule has 0 saturated carbocycles. The number of non-ortho nitro benzene ring substituents is 1. The Morgan fingerprint density at radius 3 is 2.70 bits per heavy atom. The molecule has 1 fully saturated rings. The maximum Gasteiger partial charge on any atom is 0.270 e. The van der Waals surface area contributed by atoms with E-state index in [0.717, 1.165) is 15.2 Å². The number of carbonyl (C=O) groups is 1. The van der Waals surface area contributed by atoms with Crippen LogP contribution in [0.3, 0.4) is 0 Å². The lowest BCUT2D eigenvalue weighted by atomic mass is 10.1. The molecule has 0 bridgehead atoms. The van der Waals surface area contributed by atoms with Crippen molar-refractivity contribution >= 4 is 38.8 Å². The van der Waals surface area contributed by atoms with Gasteiger partial charge in [0.25, 0.3) is 11.6 Å². The molecule has 0 aliphatic carbocycles. The monoisotopic (exact) mass is 426 g/mol. The van der Waals surface area contributed by atoms with Gasteiger partial charge in [0, 0.05) is 32.3 Å². The summed E-state index contributed by atoms with van der Waals surface area (Å²) in [5.74, 6) is -0.271. The van der Waals surface area contributed by atoms with Crippen LogP contribution in [0.5, 0.6) is 0 Å². The van der Waals surface area contributed by atoms with E-state index in [-0.39, 0.29) is 17.6 Å². The first-order valence-corrected chi connectivity index (χ1v) is 10.5. The molecule has 1 aliphatic heterocycles. The fraction of sp³-hybridized carbons (Fsp3) is 0.333.